The highest BCUT2D eigenvalue weighted by molar-refractivity contribution is 7.99. The number of amides is 1. The number of aromatic nitrogens is 4. The fourth-order valence-corrected chi connectivity index (χ4v) is 4.96. The molecule has 4 aromatic rings. The van der Waals surface area contributed by atoms with Crippen molar-refractivity contribution in [2.75, 3.05) is 25.3 Å². The van der Waals surface area contributed by atoms with Gasteiger partial charge < -0.3 is 15.5 Å². The van der Waals surface area contributed by atoms with Gasteiger partial charge in [-0.05, 0) is 50.2 Å². The molecule has 4 rings (SSSR count). The number of carbonyl (C=O) groups excluding carboxylic acids is 1. The van der Waals surface area contributed by atoms with Crippen LogP contribution in [0.5, 0.6) is 5.75 Å². The molecule has 0 saturated carbocycles. The van der Waals surface area contributed by atoms with Gasteiger partial charge in [0.2, 0.25) is 11.1 Å². The van der Waals surface area contributed by atoms with E-state index in [1.54, 1.807) is 23.3 Å². The summed E-state index contributed by atoms with van der Waals surface area (Å²) in [4.78, 5) is 19.2. The first-order valence-corrected chi connectivity index (χ1v) is 12.0. The standard InChI is InChI=1S/C22H24N6O2S2/c1-4-30-16-11-9-15(10-12-16)20-25-26-22(28(20)23)31-13-19(29)27(3)14(2)21-24-17-7-5-6-8-18(17)32-21/h5-12,14H,4,13,23H2,1-3H3/t14-/m1/s1. The van der Waals surface area contributed by atoms with E-state index in [-0.39, 0.29) is 17.7 Å². The van der Waals surface area contributed by atoms with E-state index >= 15 is 0 Å². The van der Waals surface area contributed by atoms with Gasteiger partial charge in [0.25, 0.3) is 0 Å². The van der Waals surface area contributed by atoms with Gasteiger partial charge in [-0.1, -0.05) is 23.9 Å². The number of thioether (sulfide) groups is 1. The lowest BCUT2D eigenvalue weighted by Crippen LogP contribution is -2.31. The Labute approximate surface area is 194 Å². The third-order valence-electron chi connectivity index (χ3n) is 5.05. The number of carbonyl (C=O) groups is 1. The Morgan fingerprint density at radius 1 is 1.22 bits per heavy atom. The van der Waals surface area contributed by atoms with Gasteiger partial charge in [-0.25, -0.2) is 9.66 Å². The number of hydrogen-bond donors (Lipinski definition) is 1. The van der Waals surface area contributed by atoms with Crippen molar-refractivity contribution in [3.05, 3.63) is 53.5 Å². The highest BCUT2D eigenvalue weighted by Gasteiger charge is 2.22. The van der Waals surface area contributed by atoms with Crippen molar-refractivity contribution in [2.45, 2.75) is 25.0 Å². The van der Waals surface area contributed by atoms with E-state index in [1.807, 2.05) is 62.4 Å². The predicted molar refractivity (Wildman–Crippen MR) is 128 cm³/mol. The molecule has 166 valence electrons. The number of nitrogens with two attached hydrogens (primary N) is 1. The van der Waals surface area contributed by atoms with Crippen molar-refractivity contribution in [1.29, 1.82) is 0 Å². The second kappa shape index (κ2) is 9.58. The Bertz CT molecular complexity index is 1190. The summed E-state index contributed by atoms with van der Waals surface area (Å²) in [6, 6.07) is 15.3. The summed E-state index contributed by atoms with van der Waals surface area (Å²) in [5, 5.41) is 9.72. The Morgan fingerprint density at radius 3 is 2.69 bits per heavy atom. The summed E-state index contributed by atoms with van der Waals surface area (Å²) in [6.07, 6.45) is 0. The van der Waals surface area contributed by atoms with E-state index in [0.717, 1.165) is 26.5 Å². The quantitative estimate of drug-likeness (QED) is 0.308. The number of benzene rings is 2. The van der Waals surface area contributed by atoms with Gasteiger partial charge in [0.05, 0.1) is 28.6 Å². The Kier molecular flexibility index (Phi) is 6.61. The van der Waals surface area contributed by atoms with Crippen molar-refractivity contribution in [3.8, 4) is 17.1 Å². The van der Waals surface area contributed by atoms with Crippen LogP contribution in [0.15, 0.2) is 53.7 Å². The Hall–Kier alpha value is -3.11. The Morgan fingerprint density at radius 2 is 1.97 bits per heavy atom. The van der Waals surface area contributed by atoms with Crippen molar-refractivity contribution in [1.82, 2.24) is 24.8 Å². The lowest BCUT2D eigenvalue weighted by molar-refractivity contribution is -0.128. The molecule has 1 atom stereocenters. The zero-order chi connectivity index (χ0) is 22.7. The smallest absolute Gasteiger partial charge is 0.233 e. The fraction of sp³-hybridized carbons (Fsp3) is 0.273. The first kappa shape index (κ1) is 22.1. The Balaban J connectivity index is 1.40. The average molecular weight is 469 g/mol. The number of hydrogen-bond acceptors (Lipinski definition) is 8. The molecule has 2 heterocycles. The third kappa shape index (κ3) is 4.56. The summed E-state index contributed by atoms with van der Waals surface area (Å²) >= 11 is 2.87. The van der Waals surface area contributed by atoms with Crippen LogP contribution in [0.1, 0.15) is 24.9 Å². The zero-order valence-corrected chi connectivity index (χ0v) is 19.7. The molecule has 1 amide bonds. The maximum Gasteiger partial charge on any atom is 0.233 e. The average Bonchev–Trinajstić information content (AvgIpc) is 3.40. The molecule has 32 heavy (non-hydrogen) atoms. The van der Waals surface area contributed by atoms with E-state index < -0.39 is 0 Å². The lowest BCUT2D eigenvalue weighted by atomic mass is 10.2. The molecule has 2 N–H and O–H groups in total. The van der Waals surface area contributed by atoms with Gasteiger partial charge in [-0.2, -0.15) is 0 Å². The van der Waals surface area contributed by atoms with Gasteiger partial charge in [0.1, 0.15) is 10.8 Å². The number of fused-ring (bicyclic) bond motifs is 1. The van der Waals surface area contributed by atoms with Crippen LogP contribution in [0, 0.1) is 0 Å². The van der Waals surface area contributed by atoms with Crippen LogP contribution < -0.4 is 10.6 Å². The van der Waals surface area contributed by atoms with E-state index in [9.17, 15) is 4.79 Å². The monoisotopic (exact) mass is 468 g/mol. The minimum absolute atomic E-state index is 0.0348. The van der Waals surface area contributed by atoms with Crippen LogP contribution in [0.4, 0.5) is 0 Å². The lowest BCUT2D eigenvalue weighted by Gasteiger charge is -2.23. The molecule has 2 aromatic carbocycles. The highest BCUT2D eigenvalue weighted by Crippen LogP contribution is 2.30. The first-order valence-electron chi connectivity index (χ1n) is 10.2. The van der Waals surface area contributed by atoms with Crippen molar-refractivity contribution >= 4 is 39.2 Å². The molecule has 0 saturated heterocycles. The molecular weight excluding hydrogens is 444 g/mol. The molecule has 2 aromatic heterocycles. The fourth-order valence-electron chi connectivity index (χ4n) is 3.12. The molecule has 8 nitrogen and oxygen atoms in total. The summed E-state index contributed by atoms with van der Waals surface area (Å²) in [5.41, 5.74) is 1.77. The molecule has 0 spiro atoms. The highest BCUT2D eigenvalue weighted by atomic mass is 32.2. The number of ether oxygens (including phenoxy) is 1. The molecule has 0 bridgehead atoms. The molecule has 0 unspecified atom stereocenters. The molecule has 0 aliphatic heterocycles. The molecule has 0 fully saturated rings. The summed E-state index contributed by atoms with van der Waals surface area (Å²) < 4.78 is 7.98. The van der Waals surface area contributed by atoms with Gasteiger partial charge in [0, 0.05) is 12.6 Å². The van der Waals surface area contributed by atoms with Crippen molar-refractivity contribution < 1.29 is 9.53 Å². The molecule has 0 radical (unpaired) electrons. The number of rotatable bonds is 8. The van der Waals surface area contributed by atoms with Crippen LogP contribution >= 0.6 is 23.1 Å². The van der Waals surface area contributed by atoms with Crippen molar-refractivity contribution in [3.63, 3.8) is 0 Å². The first-order chi connectivity index (χ1) is 15.5. The van der Waals surface area contributed by atoms with Gasteiger partial charge in [-0.3, -0.25) is 4.79 Å². The minimum atomic E-state index is -0.129. The van der Waals surface area contributed by atoms with E-state index in [0.29, 0.717) is 17.6 Å². The van der Waals surface area contributed by atoms with Crippen molar-refractivity contribution in [2.24, 2.45) is 0 Å². The number of nitrogens with zero attached hydrogens (tertiary/aromatic N) is 5. The van der Waals surface area contributed by atoms with Crippen LogP contribution in [0.2, 0.25) is 0 Å². The number of thiazole rings is 1. The molecule has 0 aliphatic carbocycles. The molecular formula is C22H24N6O2S2. The minimum Gasteiger partial charge on any atom is -0.494 e. The van der Waals surface area contributed by atoms with Crippen LogP contribution in [-0.2, 0) is 4.79 Å². The van der Waals surface area contributed by atoms with Crippen LogP contribution in [-0.4, -0.2) is 50.1 Å². The van der Waals surface area contributed by atoms with Crippen LogP contribution in [0.3, 0.4) is 0 Å². The normalized spacial score (nSPS) is 12.1. The third-order valence-corrected chi connectivity index (χ3v) is 7.19. The van der Waals surface area contributed by atoms with Crippen LogP contribution in [0.25, 0.3) is 21.6 Å². The zero-order valence-electron chi connectivity index (χ0n) is 18.1. The topological polar surface area (TPSA) is 99.2 Å². The SMILES string of the molecule is CCOc1ccc(-c2nnc(SCC(=O)N(C)[C@H](C)c3nc4ccccc4s3)n2N)cc1. The maximum atomic E-state index is 12.8. The van der Waals surface area contributed by atoms with Gasteiger partial charge >= 0.3 is 0 Å². The maximum absolute atomic E-state index is 12.8. The van der Waals surface area contributed by atoms with E-state index in [1.165, 1.54) is 16.4 Å². The number of nitrogen functional groups attached to an aromatic ring is 1. The van der Waals surface area contributed by atoms with E-state index in [2.05, 4.69) is 15.2 Å². The largest absolute Gasteiger partial charge is 0.494 e. The summed E-state index contributed by atoms with van der Waals surface area (Å²) in [5.74, 6) is 7.67. The van der Waals surface area contributed by atoms with Gasteiger partial charge in [-0.15, -0.1) is 21.5 Å². The molecule has 0 aliphatic rings. The predicted octanol–water partition coefficient (Wildman–Crippen LogP) is 3.98. The second-order valence-corrected chi connectivity index (χ2v) is 9.13. The summed E-state index contributed by atoms with van der Waals surface area (Å²) in [6.45, 7) is 4.52. The second-order valence-electron chi connectivity index (χ2n) is 7.12. The summed E-state index contributed by atoms with van der Waals surface area (Å²) in [7, 11) is 1.79. The molecule has 10 heteroatoms. The number of para-hydroxylation sites is 1. The van der Waals surface area contributed by atoms with E-state index in [4.69, 9.17) is 10.6 Å². The van der Waals surface area contributed by atoms with Gasteiger partial charge in [0.15, 0.2) is 5.82 Å².